The molecule has 0 aromatic carbocycles. The summed E-state index contributed by atoms with van der Waals surface area (Å²) in [6, 6.07) is 0. The van der Waals surface area contributed by atoms with Crippen molar-refractivity contribution < 1.29 is 14.4 Å². The van der Waals surface area contributed by atoms with Gasteiger partial charge in [-0.25, -0.2) is 4.79 Å². The molecule has 1 aliphatic rings. The largest absolute Gasteiger partial charge is 0.443 e. The fourth-order valence-electron chi connectivity index (χ4n) is 1.27. The van der Waals surface area contributed by atoms with Gasteiger partial charge in [0.25, 0.3) is 0 Å². The Bertz CT molecular complexity index is 356. The van der Waals surface area contributed by atoms with Gasteiger partial charge in [-0.15, -0.1) is 6.58 Å². The number of carbonyl (C=O) groups is 1. The Morgan fingerprint density at radius 1 is 1.50 bits per heavy atom. The summed E-state index contributed by atoms with van der Waals surface area (Å²) in [5, 5.41) is 0. The second-order valence-corrected chi connectivity index (χ2v) is 4.78. The van der Waals surface area contributed by atoms with Crippen molar-refractivity contribution in [3.8, 4) is 0 Å². The minimum Gasteiger partial charge on any atom is -0.443 e. The first-order valence-corrected chi connectivity index (χ1v) is 5.78. The molecule has 0 radical (unpaired) electrons. The zero-order valence-corrected chi connectivity index (χ0v) is 11.1. The molecule has 5 nitrogen and oxygen atoms in total. The Kier molecular flexibility index (Phi) is 5.12. The van der Waals surface area contributed by atoms with Gasteiger partial charge in [0.2, 0.25) is 0 Å². The zero-order valence-electron chi connectivity index (χ0n) is 11.1. The van der Waals surface area contributed by atoms with Gasteiger partial charge < -0.3 is 4.74 Å². The van der Waals surface area contributed by atoms with Gasteiger partial charge >= 0.3 is 6.09 Å². The molecule has 1 aliphatic heterocycles. The highest BCUT2D eigenvalue weighted by molar-refractivity contribution is 5.70. The Morgan fingerprint density at radius 3 is 2.83 bits per heavy atom. The van der Waals surface area contributed by atoms with E-state index in [-0.39, 0.29) is 6.17 Å². The monoisotopic (exact) mass is 252 g/mol. The fourth-order valence-corrected chi connectivity index (χ4v) is 1.27. The molecule has 1 unspecified atom stereocenters. The third kappa shape index (κ3) is 4.73. The van der Waals surface area contributed by atoms with E-state index in [1.165, 1.54) is 4.90 Å². The van der Waals surface area contributed by atoms with Gasteiger partial charge in [0.05, 0.1) is 6.61 Å². The molecular formula is C13H20N2O3. The summed E-state index contributed by atoms with van der Waals surface area (Å²) < 4.78 is 5.30. The van der Waals surface area contributed by atoms with Crippen molar-refractivity contribution in [1.29, 1.82) is 0 Å². The summed E-state index contributed by atoms with van der Waals surface area (Å²) in [6.45, 7) is 9.37. The third-order valence-electron chi connectivity index (χ3n) is 1.96. The summed E-state index contributed by atoms with van der Waals surface area (Å²) in [7, 11) is 0. The van der Waals surface area contributed by atoms with Crippen LogP contribution in [-0.2, 0) is 9.57 Å². The maximum Gasteiger partial charge on any atom is 0.415 e. The average molecular weight is 252 g/mol. The molecule has 0 fully saturated rings. The average Bonchev–Trinajstić information content (AvgIpc) is 2.27. The van der Waals surface area contributed by atoms with Crippen LogP contribution in [0.3, 0.4) is 0 Å². The van der Waals surface area contributed by atoms with Crippen molar-refractivity contribution in [2.45, 2.75) is 32.5 Å². The van der Waals surface area contributed by atoms with Crippen molar-refractivity contribution in [2.24, 2.45) is 0 Å². The number of nitrogens with one attached hydrogen (secondary N) is 1. The van der Waals surface area contributed by atoms with Crippen LogP contribution < -0.4 is 5.48 Å². The third-order valence-corrected chi connectivity index (χ3v) is 1.96. The van der Waals surface area contributed by atoms with Crippen LogP contribution in [-0.4, -0.2) is 29.4 Å². The van der Waals surface area contributed by atoms with Gasteiger partial charge in [0.1, 0.15) is 11.8 Å². The molecule has 1 atom stereocenters. The normalized spacial score (nSPS) is 18.8. The number of nitrogens with zero attached hydrogens (tertiary/aromatic N) is 1. The molecule has 0 saturated heterocycles. The number of ether oxygens (including phenoxy) is 1. The van der Waals surface area contributed by atoms with Crippen LogP contribution in [0.15, 0.2) is 37.1 Å². The van der Waals surface area contributed by atoms with E-state index in [1.807, 2.05) is 26.8 Å². The Labute approximate surface area is 108 Å². The molecule has 100 valence electrons. The molecular weight excluding hydrogens is 232 g/mol. The second kappa shape index (κ2) is 6.37. The van der Waals surface area contributed by atoms with Crippen LogP contribution in [0.5, 0.6) is 0 Å². The first kappa shape index (κ1) is 14.5. The van der Waals surface area contributed by atoms with Crippen LogP contribution >= 0.6 is 0 Å². The number of hydroxylamine groups is 1. The maximum absolute atomic E-state index is 12.0. The van der Waals surface area contributed by atoms with Crippen LogP contribution in [0.1, 0.15) is 20.8 Å². The van der Waals surface area contributed by atoms with Crippen molar-refractivity contribution in [1.82, 2.24) is 10.4 Å². The van der Waals surface area contributed by atoms with Crippen LogP contribution in [0.4, 0.5) is 4.79 Å². The van der Waals surface area contributed by atoms with E-state index in [1.54, 1.807) is 24.4 Å². The summed E-state index contributed by atoms with van der Waals surface area (Å²) in [5.41, 5.74) is 2.23. The van der Waals surface area contributed by atoms with E-state index in [0.29, 0.717) is 6.61 Å². The highest BCUT2D eigenvalue weighted by Gasteiger charge is 2.26. The van der Waals surface area contributed by atoms with E-state index < -0.39 is 11.7 Å². The number of allylic oxidation sites excluding steroid dienone is 2. The molecule has 0 saturated carbocycles. The molecule has 1 heterocycles. The summed E-state index contributed by atoms with van der Waals surface area (Å²) >= 11 is 0. The number of hydrogen-bond donors (Lipinski definition) is 1. The van der Waals surface area contributed by atoms with Crippen molar-refractivity contribution >= 4 is 6.09 Å². The summed E-state index contributed by atoms with van der Waals surface area (Å²) in [5.74, 6) is 0. The minimum atomic E-state index is -0.529. The molecule has 0 bridgehead atoms. The molecule has 0 aliphatic carbocycles. The highest BCUT2D eigenvalue weighted by Crippen LogP contribution is 2.14. The number of amides is 1. The molecule has 1 rings (SSSR count). The minimum absolute atomic E-state index is 0.357. The Balaban J connectivity index is 2.60. The predicted octanol–water partition coefficient (Wildman–Crippen LogP) is 2.34. The summed E-state index contributed by atoms with van der Waals surface area (Å²) in [6.07, 6.45) is 7.84. The van der Waals surface area contributed by atoms with Crippen molar-refractivity contribution in [2.75, 3.05) is 6.61 Å². The SMILES string of the molecule is C=CCONC1C=CC=CN1C(=O)OC(C)(C)C. The molecule has 1 N–H and O–H groups in total. The summed E-state index contributed by atoms with van der Waals surface area (Å²) in [4.78, 5) is 18.5. The number of rotatable bonds is 4. The smallest absolute Gasteiger partial charge is 0.415 e. The lowest BCUT2D eigenvalue weighted by Gasteiger charge is -2.30. The van der Waals surface area contributed by atoms with E-state index in [9.17, 15) is 4.79 Å². The van der Waals surface area contributed by atoms with Crippen LogP contribution in [0.2, 0.25) is 0 Å². The lowest BCUT2D eigenvalue weighted by Crippen LogP contribution is -2.47. The number of hydrogen-bond acceptors (Lipinski definition) is 4. The van der Waals surface area contributed by atoms with Gasteiger partial charge in [-0.2, -0.15) is 5.48 Å². The lowest BCUT2D eigenvalue weighted by molar-refractivity contribution is -0.0115. The molecule has 0 spiro atoms. The van der Waals surface area contributed by atoms with Gasteiger partial charge in [-0.3, -0.25) is 9.74 Å². The molecule has 5 heteroatoms. The zero-order chi connectivity index (χ0) is 13.6. The van der Waals surface area contributed by atoms with Crippen LogP contribution in [0.25, 0.3) is 0 Å². The van der Waals surface area contributed by atoms with Gasteiger partial charge in [0.15, 0.2) is 0 Å². The number of carbonyl (C=O) groups excluding carboxylic acids is 1. The lowest BCUT2D eigenvalue weighted by atomic mass is 10.2. The van der Waals surface area contributed by atoms with E-state index >= 15 is 0 Å². The quantitative estimate of drug-likeness (QED) is 0.474. The second-order valence-electron chi connectivity index (χ2n) is 4.78. The maximum atomic E-state index is 12.0. The Hall–Kier alpha value is -1.59. The van der Waals surface area contributed by atoms with E-state index in [2.05, 4.69) is 12.1 Å². The van der Waals surface area contributed by atoms with E-state index in [4.69, 9.17) is 9.57 Å². The van der Waals surface area contributed by atoms with Gasteiger partial charge in [0, 0.05) is 6.20 Å². The van der Waals surface area contributed by atoms with E-state index in [0.717, 1.165) is 0 Å². The van der Waals surface area contributed by atoms with Crippen molar-refractivity contribution in [3.63, 3.8) is 0 Å². The standard InChI is InChI=1S/C13H20N2O3/c1-5-10-17-14-11-8-6-7-9-15(11)12(16)18-13(2,3)4/h5-9,11,14H,1,10H2,2-4H3. The van der Waals surface area contributed by atoms with Gasteiger partial charge in [-0.05, 0) is 32.9 Å². The predicted molar refractivity (Wildman–Crippen MR) is 69.4 cm³/mol. The molecule has 18 heavy (non-hydrogen) atoms. The van der Waals surface area contributed by atoms with Gasteiger partial charge in [-0.1, -0.05) is 12.2 Å². The molecule has 0 aromatic heterocycles. The van der Waals surface area contributed by atoms with Crippen molar-refractivity contribution in [3.05, 3.63) is 37.1 Å². The first-order chi connectivity index (χ1) is 8.44. The van der Waals surface area contributed by atoms with Crippen LogP contribution in [0, 0.1) is 0 Å². The molecule has 1 amide bonds. The fraction of sp³-hybridized carbons (Fsp3) is 0.462. The first-order valence-electron chi connectivity index (χ1n) is 5.78. The Morgan fingerprint density at radius 2 is 2.22 bits per heavy atom. The molecule has 0 aromatic rings. The topological polar surface area (TPSA) is 50.8 Å². The highest BCUT2D eigenvalue weighted by atomic mass is 16.6.